The fraction of sp³-hybridized carbons (Fsp3) is 0.310. The van der Waals surface area contributed by atoms with Crippen LogP contribution in [0.1, 0.15) is 5.56 Å². The summed E-state index contributed by atoms with van der Waals surface area (Å²) in [6.07, 6.45) is 0.630. The van der Waals surface area contributed by atoms with Crippen LogP contribution in [0.2, 0.25) is 0 Å². The van der Waals surface area contributed by atoms with Crippen LogP contribution < -0.4 is 23.8 Å². The number of anilines is 1. The summed E-state index contributed by atoms with van der Waals surface area (Å²) in [5.41, 5.74) is 4.03. The van der Waals surface area contributed by atoms with Gasteiger partial charge < -0.3 is 28.6 Å². The number of benzene rings is 3. The van der Waals surface area contributed by atoms with Crippen molar-refractivity contribution in [3.05, 3.63) is 66.2 Å². The lowest BCUT2D eigenvalue weighted by molar-refractivity contribution is 0.122. The quantitative estimate of drug-likeness (QED) is 0.324. The molecule has 0 radical (unpaired) electrons. The largest absolute Gasteiger partial charge is 0.497 e. The predicted molar refractivity (Wildman–Crippen MR) is 143 cm³/mol. The molecule has 2 heterocycles. The van der Waals surface area contributed by atoms with Crippen LogP contribution in [0.25, 0.3) is 22.0 Å². The summed E-state index contributed by atoms with van der Waals surface area (Å²) in [6, 6.07) is 20.5. The topological polar surface area (TPSA) is 75.2 Å². The van der Waals surface area contributed by atoms with Gasteiger partial charge in [-0.15, -0.1) is 0 Å². The Morgan fingerprint density at radius 3 is 2.35 bits per heavy atom. The van der Waals surface area contributed by atoms with Crippen LogP contribution in [0, 0.1) is 0 Å². The van der Waals surface area contributed by atoms with Crippen LogP contribution >= 0.6 is 0 Å². The van der Waals surface area contributed by atoms with Crippen molar-refractivity contribution in [3.63, 3.8) is 0 Å². The van der Waals surface area contributed by atoms with Gasteiger partial charge in [0, 0.05) is 30.5 Å². The number of hydrogen-bond acceptors (Lipinski definition) is 8. The van der Waals surface area contributed by atoms with E-state index in [4.69, 9.17) is 33.7 Å². The molecule has 0 aliphatic carbocycles. The van der Waals surface area contributed by atoms with E-state index in [0.717, 1.165) is 52.3 Å². The highest BCUT2D eigenvalue weighted by Gasteiger charge is 2.19. The highest BCUT2D eigenvalue weighted by Crippen LogP contribution is 2.33. The van der Waals surface area contributed by atoms with Gasteiger partial charge in [-0.1, -0.05) is 30.3 Å². The van der Waals surface area contributed by atoms with Gasteiger partial charge in [-0.3, -0.25) is 0 Å². The number of para-hydroxylation sites is 1. The Labute approximate surface area is 216 Å². The van der Waals surface area contributed by atoms with Gasteiger partial charge in [0.2, 0.25) is 0 Å². The lowest BCUT2D eigenvalue weighted by Gasteiger charge is -2.29. The number of nitrogens with zero attached hydrogens (tertiary/aromatic N) is 3. The predicted octanol–water partition coefficient (Wildman–Crippen LogP) is 4.78. The van der Waals surface area contributed by atoms with Gasteiger partial charge >= 0.3 is 6.01 Å². The van der Waals surface area contributed by atoms with Crippen molar-refractivity contribution in [3.8, 4) is 34.4 Å². The molecule has 1 fully saturated rings. The molecule has 0 N–H and O–H groups in total. The SMILES string of the molecule is COc1ccc(-c2ccc3nc(OCCc4cccc(OC)c4OC)nc(N4CCOCC4)c3c2)cc1. The van der Waals surface area contributed by atoms with E-state index in [0.29, 0.717) is 43.8 Å². The average Bonchev–Trinajstić information content (AvgIpc) is 2.96. The molecule has 0 amide bonds. The maximum Gasteiger partial charge on any atom is 0.318 e. The number of morpholine rings is 1. The van der Waals surface area contributed by atoms with E-state index in [1.165, 1.54) is 0 Å². The van der Waals surface area contributed by atoms with Gasteiger partial charge in [-0.05, 0) is 41.5 Å². The summed E-state index contributed by atoms with van der Waals surface area (Å²) in [7, 11) is 4.95. The Kier molecular flexibility index (Phi) is 7.56. The van der Waals surface area contributed by atoms with Gasteiger partial charge in [0.1, 0.15) is 11.6 Å². The zero-order valence-corrected chi connectivity index (χ0v) is 21.4. The van der Waals surface area contributed by atoms with E-state index in [1.807, 2.05) is 36.4 Å². The van der Waals surface area contributed by atoms with E-state index in [1.54, 1.807) is 21.3 Å². The molecule has 8 nitrogen and oxygen atoms in total. The average molecular weight is 502 g/mol. The molecule has 1 saturated heterocycles. The van der Waals surface area contributed by atoms with Crippen molar-refractivity contribution < 1.29 is 23.7 Å². The summed E-state index contributed by atoms with van der Waals surface area (Å²) < 4.78 is 27.9. The number of methoxy groups -OCH3 is 3. The maximum absolute atomic E-state index is 6.07. The normalized spacial score (nSPS) is 13.4. The van der Waals surface area contributed by atoms with Gasteiger partial charge in [-0.25, -0.2) is 0 Å². The van der Waals surface area contributed by atoms with Crippen LogP contribution in [0.3, 0.4) is 0 Å². The molecule has 5 rings (SSSR count). The van der Waals surface area contributed by atoms with Crippen LogP contribution in [0.15, 0.2) is 60.7 Å². The molecule has 4 aromatic rings. The standard InChI is InChI=1S/C29H31N3O5/c1-33-23-10-7-20(8-11-23)22-9-12-25-24(19-22)28(32-14-17-36-18-15-32)31-29(30-25)37-16-13-21-5-4-6-26(34-2)27(21)35-3/h4-12,19H,13-18H2,1-3H3. The third-order valence-corrected chi connectivity index (χ3v) is 6.48. The molecule has 37 heavy (non-hydrogen) atoms. The molecular weight excluding hydrogens is 470 g/mol. The van der Waals surface area contributed by atoms with Crippen molar-refractivity contribution in [2.75, 3.05) is 59.1 Å². The fourth-order valence-electron chi connectivity index (χ4n) is 4.54. The van der Waals surface area contributed by atoms with E-state index < -0.39 is 0 Å². The summed E-state index contributed by atoms with van der Waals surface area (Å²) in [6.45, 7) is 3.26. The number of ether oxygens (including phenoxy) is 5. The fourth-order valence-corrected chi connectivity index (χ4v) is 4.54. The maximum atomic E-state index is 6.07. The summed E-state index contributed by atoms with van der Waals surface area (Å²) in [4.78, 5) is 11.8. The Morgan fingerprint density at radius 1 is 0.838 bits per heavy atom. The molecule has 0 atom stereocenters. The highest BCUT2D eigenvalue weighted by molar-refractivity contribution is 5.93. The Bertz CT molecular complexity index is 1350. The van der Waals surface area contributed by atoms with Crippen molar-refractivity contribution in [2.45, 2.75) is 6.42 Å². The van der Waals surface area contributed by atoms with E-state index >= 15 is 0 Å². The molecule has 1 aliphatic rings. The van der Waals surface area contributed by atoms with Crippen molar-refractivity contribution in [1.82, 2.24) is 9.97 Å². The second-order valence-electron chi connectivity index (χ2n) is 8.64. The number of rotatable bonds is 9. The molecule has 192 valence electrons. The molecule has 0 unspecified atom stereocenters. The Morgan fingerprint density at radius 2 is 1.62 bits per heavy atom. The van der Waals surface area contributed by atoms with Crippen LogP contribution in [0.5, 0.6) is 23.3 Å². The summed E-state index contributed by atoms with van der Waals surface area (Å²) >= 11 is 0. The number of fused-ring (bicyclic) bond motifs is 1. The minimum atomic E-state index is 0.355. The molecule has 0 bridgehead atoms. The van der Waals surface area contributed by atoms with Gasteiger partial charge in [0.15, 0.2) is 11.5 Å². The third-order valence-electron chi connectivity index (χ3n) is 6.48. The Balaban J connectivity index is 1.44. The first-order valence-corrected chi connectivity index (χ1v) is 12.3. The molecule has 1 aliphatic heterocycles. The summed E-state index contributed by atoms with van der Waals surface area (Å²) in [5.74, 6) is 3.10. The minimum Gasteiger partial charge on any atom is -0.497 e. The van der Waals surface area contributed by atoms with Gasteiger partial charge in [0.25, 0.3) is 0 Å². The van der Waals surface area contributed by atoms with Crippen LogP contribution in [0.4, 0.5) is 5.82 Å². The third kappa shape index (κ3) is 5.39. The number of hydrogen-bond donors (Lipinski definition) is 0. The zero-order chi connectivity index (χ0) is 25.6. The minimum absolute atomic E-state index is 0.355. The second-order valence-corrected chi connectivity index (χ2v) is 8.64. The first kappa shape index (κ1) is 24.6. The van der Waals surface area contributed by atoms with Crippen molar-refractivity contribution >= 4 is 16.7 Å². The molecule has 3 aromatic carbocycles. The highest BCUT2D eigenvalue weighted by atomic mass is 16.5. The van der Waals surface area contributed by atoms with Gasteiger partial charge in [-0.2, -0.15) is 9.97 Å². The van der Waals surface area contributed by atoms with E-state index in [-0.39, 0.29) is 0 Å². The molecule has 0 spiro atoms. The monoisotopic (exact) mass is 501 g/mol. The first-order chi connectivity index (χ1) is 18.2. The van der Waals surface area contributed by atoms with Gasteiger partial charge in [0.05, 0.1) is 46.7 Å². The van der Waals surface area contributed by atoms with E-state index in [2.05, 4.69) is 29.2 Å². The van der Waals surface area contributed by atoms with Crippen molar-refractivity contribution in [2.24, 2.45) is 0 Å². The summed E-state index contributed by atoms with van der Waals surface area (Å²) in [5, 5.41) is 0.983. The lowest BCUT2D eigenvalue weighted by atomic mass is 10.0. The van der Waals surface area contributed by atoms with Crippen molar-refractivity contribution in [1.29, 1.82) is 0 Å². The Hall–Kier alpha value is -4.04. The first-order valence-electron chi connectivity index (χ1n) is 12.3. The molecule has 0 saturated carbocycles. The second kappa shape index (κ2) is 11.3. The van der Waals surface area contributed by atoms with Crippen LogP contribution in [-0.2, 0) is 11.2 Å². The smallest absolute Gasteiger partial charge is 0.318 e. The zero-order valence-electron chi connectivity index (χ0n) is 21.4. The number of aromatic nitrogens is 2. The lowest BCUT2D eigenvalue weighted by Crippen LogP contribution is -2.37. The molecule has 1 aromatic heterocycles. The molecule has 8 heteroatoms. The molecular formula is C29H31N3O5. The van der Waals surface area contributed by atoms with E-state index in [9.17, 15) is 0 Å². The van der Waals surface area contributed by atoms with Crippen LogP contribution in [-0.4, -0.2) is 64.2 Å².